The number of aliphatic hydroxyl groups is 2. The summed E-state index contributed by atoms with van der Waals surface area (Å²) in [5.41, 5.74) is 1.42. The molecule has 234 valence electrons. The molecule has 2 aromatic carbocycles. The predicted octanol–water partition coefficient (Wildman–Crippen LogP) is 1.76. The van der Waals surface area contributed by atoms with E-state index in [1.54, 1.807) is 32.4 Å². The Morgan fingerprint density at radius 1 is 1.09 bits per heavy atom. The Bertz CT molecular complexity index is 1320. The van der Waals surface area contributed by atoms with Crippen molar-refractivity contribution < 1.29 is 48.3 Å². The lowest BCUT2D eigenvalue weighted by atomic mass is 9.88. The van der Waals surface area contributed by atoms with Crippen molar-refractivity contribution in [3.63, 3.8) is 0 Å². The Labute approximate surface area is 264 Å². The highest BCUT2D eigenvalue weighted by molar-refractivity contribution is 14.1. The monoisotopic (exact) mass is 712 g/mol. The van der Waals surface area contributed by atoms with Crippen LogP contribution in [-0.2, 0) is 20.7 Å². The van der Waals surface area contributed by atoms with Gasteiger partial charge in [0.25, 0.3) is 0 Å². The molecule has 2 amide bonds. The fourth-order valence-electron chi connectivity index (χ4n) is 4.84. The lowest BCUT2D eigenvalue weighted by Gasteiger charge is -2.40. The molecule has 1 aliphatic rings. The van der Waals surface area contributed by atoms with Gasteiger partial charge < -0.3 is 44.1 Å². The molecule has 3 rings (SSSR count). The summed E-state index contributed by atoms with van der Waals surface area (Å²) in [6.45, 7) is -0.334. The fourth-order valence-corrected chi connectivity index (χ4v) is 5.59. The number of hydrogen-bond acceptors (Lipinski definition) is 10. The SMILES string of the molecule is COCC(=O)N(CCc1cc(OC)ccc1OC)C1CC(C(=O)NCCO)=CC(Oc2c(I)cc(C=O)cc2OC)C1O. The second-order valence-corrected chi connectivity index (χ2v) is 10.8. The largest absolute Gasteiger partial charge is 0.497 e. The maximum absolute atomic E-state index is 13.4. The summed E-state index contributed by atoms with van der Waals surface area (Å²) in [6.07, 6.45) is 0.192. The van der Waals surface area contributed by atoms with E-state index in [-0.39, 0.29) is 49.8 Å². The highest BCUT2D eigenvalue weighted by Gasteiger charge is 2.41. The van der Waals surface area contributed by atoms with Crippen molar-refractivity contribution in [2.45, 2.75) is 31.1 Å². The van der Waals surface area contributed by atoms with Crippen LogP contribution in [0, 0.1) is 3.57 Å². The van der Waals surface area contributed by atoms with Gasteiger partial charge in [-0.15, -0.1) is 0 Å². The molecule has 0 aliphatic heterocycles. The number of nitrogens with one attached hydrogen (secondary N) is 1. The van der Waals surface area contributed by atoms with Crippen LogP contribution in [0.2, 0.25) is 0 Å². The molecule has 0 fully saturated rings. The normalized spacial score (nSPS) is 17.8. The van der Waals surface area contributed by atoms with Crippen molar-refractivity contribution >= 4 is 40.7 Å². The average molecular weight is 713 g/mol. The van der Waals surface area contributed by atoms with E-state index in [2.05, 4.69) is 5.32 Å². The Morgan fingerprint density at radius 3 is 2.47 bits per heavy atom. The smallest absolute Gasteiger partial charge is 0.248 e. The van der Waals surface area contributed by atoms with E-state index in [9.17, 15) is 24.6 Å². The molecule has 0 spiro atoms. The van der Waals surface area contributed by atoms with E-state index in [1.807, 2.05) is 28.7 Å². The van der Waals surface area contributed by atoms with Gasteiger partial charge in [0.15, 0.2) is 11.5 Å². The molecule has 3 N–H and O–H groups in total. The van der Waals surface area contributed by atoms with E-state index in [1.165, 1.54) is 31.3 Å². The van der Waals surface area contributed by atoms with E-state index in [0.717, 1.165) is 5.56 Å². The fraction of sp³-hybridized carbons (Fsp3) is 0.433. The molecule has 0 saturated carbocycles. The number of amides is 2. The average Bonchev–Trinajstić information content (AvgIpc) is 3.01. The number of nitrogens with zero attached hydrogens (tertiary/aromatic N) is 1. The van der Waals surface area contributed by atoms with Crippen LogP contribution in [0.4, 0.5) is 0 Å². The predicted molar refractivity (Wildman–Crippen MR) is 165 cm³/mol. The summed E-state index contributed by atoms with van der Waals surface area (Å²) in [6, 6.07) is 7.57. The highest BCUT2D eigenvalue weighted by atomic mass is 127. The van der Waals surface area contributed by atoms with Crippen molar-refractivity contribution in [3.05, 3.63) is 56.7 Å². The summed E-state index contributed by atoms with van der Waals surface area (Å²) in [7, 11) is 5.92. The number of rotatable bonds is 15. The lowest BCUT2D eigenvalue weighted by molar-refractivity contribution is -0.142. The molecular weight excluding hydrogens is 675 g/mol. The van der Waals surface area contributed by atoms with E-state index in [4.69, 9.17) is 23.7 Å². The first-order valence-corrected chi connectivity index (χ1v) is 14.6. The molecule has 0 aromatic heterocycles. The van der Waals surface area contributed by atoms with Gasteiger partial charge in [-0.05, 0) is 71.0 Å². The molecule has 0 heterocycles. The first kappa shape index (κ1) is 34.1. The number of methoxy groups -OCH3 is 4. The van der Waals surface area contributed by atoms with Gasteiger partial charge in [0, 0.05) is 37.8 Å². The summed E-state index contributed by atoms with van der Waals surface area (Å²) >= 11 is 1.99. The van der Waals surface area contributed by atoms with Crippen LogP contribution in [0.1, 0.15) is 22.3 Å². The number of aliphatic hydroxyl groups excluding tert-OH is 2. The molecule has 12 nitrogen and oxygen atoms in total. The maximum Gasteiger partial charge on any atom is 0.248 e. The van der Waals surface area contributed by atoms with E-state index in [0.29, 0.717) is 33.3 Å². The minimum atomic E-state index is -1.27. The van der Waals surface area contributed by atoms with Gasteiger partial charge in [0.1, 0.15) is 36.6 Å². The molecule has 43 heavy (non-hydrogen) atoms. The topological polar surface area (TPSA) is 153 Å². The summed E-state index contributed by atoms with van der Waals surface area (Å²) < 4.78 is 28.2. The van der Waals surface area contributed by atoms with E-state index < -0.39 is 30.1 Å². The van der Waals surface area contributed by atoms with Crippen LogP contribution in [0.25, 0.3) is 0 Å². The zero-order valence-electron chi connectivity index (χ0n) is 24.5. The molecule has 1 aliphatic carbocycles. The molecular formula is C30H37IN2O10. The van der Waals surface area contributed by atoms with Gasteiger partial charge in [-0.2, -0.15) is 0 Å². The minimum absolute atomic E-state index is 0.0152. The van der Waals surface area contributed by atoms with Crippen molar-refractivity contribution in [2.75, 3.05) is 54.7 Å². The van der Waals surface area contributed by atoms with Gasteiger partial charge in [-0.25, -0.2) is 0 Å². The molecule has 2 aromatic rings. The summed E-state index contributed by atoms with van der Waals surface area (Å²) in [4.78, 5) is 39.4. The number of carbonyl (C=O) groups is 3. The first-order valence-electron chi connectivity index (χ1n) is 13.5. The third kappa shape index (κ3) is 8.59. The molecule has 3 unspecified atom stereocenters. The van der Waals surface area contributed by atoms with Crippen LogP contribution >= 0.6 is 22.6 Å². The highest BCUT2D eigenvalue weighted by Crippen LogP contribution is 2.37. The Balaban J connectivity index is 2.02. The number of carbonyl (C=O) groups excluding carboxylic acids is 3. The Morgan fingerprint density at radius 2 is 1.84 bits per heavy atom. The number of hydrogen-bond donors (Lipinski definition) is 3. The van der Waals surface area contributed by atoms with Crippen molar-refractivity contribution in [1.29, 1.82) is 0 Å². The molecule has 0 radical (unpaired) electrons. The third-order valence-corrected chi connectivity index (χ3v) is 7.76. The number of halogens is 1. The van der Waals surface area contributed by atoms with Gasteiger partial charge >= 0.3 is 0 Å². The molecule has 0 bridgehead atoms. The maximum atomic E-state index is 13.4. The number of aldehydes is 1. The van der Waals surface area contributed by atoms with Gasteiger partial charge in [0.2, 0.25) is 11.8 Å². The van der Waals surface area contributed by atoms with E-state index >= 15 is 0 Å². The van der Waals surface area contributed by atoms with Gasteiger partial charge in [-0.1, -0.05) is 0 Å². The zero-order valence-corrected chi connectivity index (χ0v) is 26.7. The lowest BCUT2D eigenvalue weighted by Crippen LogP contribution is -2.56. The molecule has 13 heteroatoms. The Hall–Kier alpha value is -3.40. The van der Waals surface area contributed by atoms with Gasteiger partial charge in [0.05, 0.1) is 37.5 Å². The van der Waals surface area contributed by atoms with Crippen LogP contribution in [0.3, 0.4) is 0 Å². The van der Waals surface area contributed by atoms with Crippen LogP contribution in [-0.4, -0.2) is 106 Å². The summed E-state index contributed by atoms with van der Waals surface area (Å²) in [5.74, 6) is 0.889. The number of ether oxygens (including phenoxy) is 5. The second kappa shape index (κ2) is 16.4. The second-order valence-electron chi connectivity index (χ2n) is 9.62. The standard InChI is InChI=1S/C30H37IN2O10/c1-39-17-27(36)33(9-7-19-13-21(40-2)5-6-24(19)41-3)23-14-20(30(38)32-8-10-34)15-25(28(23)37)43-29-22(31)11-18(16-35)12-26(29)42-4/h5-6,11-13,15-16,23,25,28,34,37H,7-10,14,17H2,1-4H3,(H,32,38). The van der Waals surface area contributed by atoms with Crippen molar-refractivity contribution in [3.8, 4) is 23.0 Å². The molecule has 3 atom stereocenters. The quantitative estimate of drug-likeness (QED) is 0.184. The molecule has 0 saturated heterocycles. The van der Waals surface area contributed by atoms with Crippen LogP contribution < -0.4 is 24.3 Å². The van der Waals surface area contributed by atoms with Crippen LogP contribution in [0.15, 0.2) is 42.0 Å². The van der Waals surface area contributed by atoms with Gasteiger partial charge in [-0.3, -0.25) is 14.4 Å². The first-order chi connectivity index (χ1) is 20.7. The Kier molecular flexibility index (Phi) is 13.0. The summed E-state index contributed by atoms with van der Waals surface area (Å²) in [5, 5.41) is 23.5. The minimum Gasteiger partial charge on any atom is -0.497 e. The van der Waals surface area contributed by atoms with Crippen molar-refractivity contribution in [2.24, 2.45) is 0 Å². The number of benzene rings is 2. The van der Waals surface area contributed by atoms with Crippen LogP contribution in [0.5, 0.6) is 23.0 Å². The zero-order chi connectivity index (χ0) is 31.5. The van der Waals surface area contributed by atoms with Crippen molar-refractivity contribution in [1.82, 2.24) is 10.2 Å². The third-order valence-electron chi connectivity index (χ3n) is 6.95.